The van der Waals surface area contributed by atoms with Crippen LogP contribution in [0.2, 0.25) is 0 Å². The van der Waals surface area contributed by atoms with Crippen molar-refractivity contribution in [3.8, 4) is 0 Å². The number of alkyl halides is 1. The molecule has 1 N–H and O–H groups in total. The van der Waals surface area contributed by atoms with E-state index in [1.54, 1.807) is 0 Å². The summed E-state index contributed by atoms with van der Waals surface area (Å²) in [4.78, 5) is 10.3. The molecule has 70 valence electrons. The smallest absolute Gasteiger partial charge is 0.338 e. The summed E-state index contributed by atoms with van der Waals surface area (Å²) < 4.78 is 25.7. The molecule has 0 atom stereocenters. The highest BCUT2D eigenvalue weighted by Gasteiger charge is 2.14. The monoisotopic (exact) mass is 206 g/mol. The lowest BCUT2D eigenvalue weighted by atomic mass is 10.1. The van der Waals surface area contributed by atoms with Gasteiger partial charge in [-0.25, -0.2) is 13.6 Å². The van der Waals surface area contributed by atoms with Crippen LogP contribution < -0.4 is 0 Å². The van der Waals surface area contributed by atoms with Gasteiger partial charge in [0.05, 0.1) is 11.4 Å². The number of aromatic carboxylic acids is 1. The summed E-state index contributed by atoms with van der Waals surface area (Å²) in [5.74, 6) is -3.49. The van der Waals surface area contributed by atoms with E-state index in [0.717, 1.165) is 6.07 Å². The summed E-state index contributed by atoms with van der Waals surface area (Å²) >= 11 is 5.28. The summed E-state index contributed by atoms with van der Waals surface area (Å²) in [6, 6.07) is 1.40. The fraction of sp³-hybridized carbons (Fsp3) is 0.125. The van der Waals surface area contributed by atoms with Crippen molar-refractivity contribution in [3.05, 3.63) is 34.9 Å². The molecule has 0 aromatic heterocycles. The van der Waals surface area contributed by atoms with Gasteiger partial charge in [0.1, 0.15) is 11.6 Å². The van der Waals surface area contributed by atoms with Gasteiger partial charge in [0.15, 0.2) is 0 Å². The zero-order valence-electron chi connectivity index (χ0n) is 6.35. The van der Waals surface area contributed by atoms with Crippen molar-refractivity contribution in [2.24, 2.45) is 0 Å². The van der Waals surface area contributed by atoms with Crippen molar-refractivity contribution in [3.63, 3.8) is 0 Å². The molecule has 0 saturated carbocycles. The third-order valence-corrected chi connectivity index (χ3v) is 1.80. The van der Waals surface area contributed by atoms with Crippen molar-refractivity contribution in [2.45, 2.75) is 5.88 Å². The van der Waals surface area contributed by atoms with Gasteiger partial charge in [0, 0.05) is 5.56 Å². The number of benzene rings is 1. The highest BCUT2D eigenvalue weighted by Crippen LogP contribution is 2.16. The third kappa shape index (κ3) is 1.95. The maximum atomic E-state index is 12.9. The lowest BCUT2D eigenvalue weighted by Crippen LogP contribution is -2.03. The second kappa shape index (κ2) is 3.70. The van der Waals surface area contributed by atoms with E-state index in [9.17, 15) is 13.6 Å². The van der Waals surface area contributed by atoms with Gasteiger partial charge in [-0.05, 0) is 12.1 Å². The third-order valence-electron chi connectivity index (χ3n) is 1.51. The van der Waals surface area contributed by atoms with E-state index in [-0.39, 0.29) is 11.4 Å². The highest BCUT2D eigenvalue weighted by molar-refractivity contribution is 6.17. The van der Waals surface area contributed by atoms with Gasteiger partial charge in [0.2, 0.25) is 0 Å². The molecule has 0 aliphatic carbocycles. The van der Waals surface area contributed by atoms with E-state index in [4.69, 9.17) is 16.7 Å². The van der Waals surface area contributed by atoms with Crippen LogP contribution in [0.5, 0.6) is 0 Å². The van der Waals surface area contributed by atoms with Crippen LogP contribution in [0.4, 0.5) is 8.78 Å². The second-order valence-electron chi connectivity index (χ2n) is 2.36. The van der Waals surface area contributed by atoms with Crippen molar-refractivity contribution in [2.75, 3.05) is 0 Å². The first kappa shape index (κ1) is 9.92. The Labute approximate surface area is 77.8 Å². The Morgan fingerprint density at radius 2 is 2.00 bits per heavy atom. The Morgan fingerprint density at radius 1 is 1.38 bits per heavy atom. The van der Waals surface area contributed by atoms with Crippen molar-refractivity contribution in [1.29, 1.82) is 0 Å². The fourth-order valence-corrected chi connectivity index (χ4v) is 1.06. The first-order valence-corrected chi connectivity index (χ1v) is 3.87. The molecule has 0 aliphatic rings. The predicted octanol–water partition coefficient (Wildman–Crippen LogP) is 2.40. The van der Waals surface area contributed by atoms with Crippen LogP contribution in [0.1, 0.15) is 15.9 Å². The Bertz CT molecular complexity index is 352. The summed E-state index contributed by atoms with van der Waals surface area (Å²) in [6.07, 6.45) is 0. The number of carbonyl (C=O) groups is 1. The van der Waals surface area contributed by atoms with Gasteiger partial charge in [-0.1, -0.05) is 0 Å². The molecule has 0 unspecified atom stereocenters. The van der Waals surface area contributed by atoms with E-state index in [0.29, 0.717) is 6.07 Å². The number of carboxylic acids is 1. The molecule has 1 aromatic carbocycles. The molecule has 1 rings (SSSR count). The zero-order chi connectivity index (χ0) is 10.0. The molecule has 0 fully saturated rings. The quantitative estimate of drug-likeness (QED) is 0.755. The number of hydrogen-bond acceptors (Lipinski definition) is 1. The van der Waals surface area contributed by atoms with Crippen molar-refractivity contribution in [1.82, 2.24) is 0 Å². The van der Waals surface area contributed by atoms with Gasteiger partial charge in [-0.2, -0.15) is 0 Å². The molecule has 0 bridgehead atoms. The van der Waals surface area contributed by atoms with Crippen LogP contribution in [0.15, 0.2) is 12.1 Å². The van der Waals surface area contributed by atoms with E-state index < -0.39 is 23.2 Å². The number of rotatable bonds is 2. The lowest BCUT2D eigenvalue weighted by Gasteiger charge is -2.01. The average Bonchev–Trinajstić information content (AvgIpc) is 2.07. The minimum atomic E-state index is -1.50. The van der Waals surface area contributed by atoms with Gasteiger partial charge < -0.3 is 5.11 Å². The molecule has 0 amide bonds. The molecule has 1 aromatic rings. The number of halogens is 3. The van der Waals surface area contributed by atoms with Crippen LogP contribution in [0.25, 0.3) is 0 Å². The minimum Gasteiger partial charge on any atom is -0.478 e. The summed E-state index contributed by atoms with van der Waals surface area (Å²) in [6.45, 7) is 0. The van der Waals surface area contributed by atoms with E-state index in [1.807, 2.05) is 0 Å². The van der Waals surface area contributed by atoms with E-state index in [2.05, 4.69) is 0 Å². The topological polar surface area (TPSA) is 37.3 Å². The first-order valence-electron chi connectivity index (χ1n) is 3.33. The van der Waals surface area contributed by atoms with Gasteiger partial charge in [-0.15, -0.1) is 11.6 Å². The summed E-state index contributed by atoms with van der Waals surface area (Å²) in [7, 11) is 0. The van der Waals surface area contributed by atoms with E-state index in [1.165, 1.54) is 0 Å². The van der Waals surface area contributed by atoms with Crippen LogP contribution in [0, 0.1) is 11.6 Å². The molecular weight excluding hydrogens is 202 g/mol. The molecule has 5 heteroatoms. The zero-order valence-corrected chi connectivity index (χ0v) is 7.11. The lowest BCUT2D eigenvalue weighted by molar-refractivity contribution is 0.0691. The van der Waals surface area contributed by atoms with Crippen LogP contribution in [-0.2, 0) is 5.88 Å². The van der Waals surface area contributed by atoms with Gasteiger partial charge in [-0.3, -0.25) is 0 Å². The Hall–Kier alpha value is -1.16. The SMILES string of the molecule is O=C(O)c1cc(F)c(CCl)cc1F. The van der Waals surface area contributed by atoms with Crippen molar-refractivity contribution >= 4 is 17.6 Å². The second-order valence-corrected chi connectivity index (χ2v) is 2.63. The Balaban J connectivity index is 3.28. The predicted molar refractivity (Wildman–Crippen MR) is 42.9 cm³/mol. The molecule has 0 heterocycles. The maximum Gasteiger partial charge on any atom is 0.338 e. The molecule has 0 spiro atoms. The standard InChI is InChI=1S/C8H5ClF2O2/c9-3-4-1-7(11)5(8(12)13)2-6(4)10/h1-2H,3H2,(H,12,13). The molecule has 0 aliphatic heterocycles. The Morgan fingerprint density at radius 3 is 2.46 bits per heavy atom. The largest absolute Gasteiger partial charge is 0.478 e. The maximum absolute atomic E-state index is 12.9. The average molecular weight is 207 g/mol. The highest BCUT2D eigenvalue weighted by atomic mass is 35.5. The van der Waals surface area contributed by atoms with Crippen LogP contribution >= 0.6 is 11.6 Å². The van der Waals surface area contributed by atoms with Gasteiger partial charge in [0.25, 0.3) is 0 Å². The minimum absolute atomic E-state index is 0.0517. The molecule has 0 saturated heterocycles. The first-order chi connectivity index (χ1) is 6.06. The van der Waals surface area contributed by atoms with Crippen LogP contribution in [0.3, 0.4) is 0 Å². The van der Waals surface area contributed by atoms with Crippen molar-refractivity contribution < 1.29 is 18.7 Å². The number of carboxylic acid groups (broad SMARTS) is 1. The number of hydrogen-bond donors (Lipinski definition) is 1. The molecule has 2 nitrogen and oxygen atoms in total. The molecule has 13 heavy (non-hydrogen) atoms. The fourth-order valence-electron chi connectivity index (χ4n) is 0.854. The summed E-state index contributed by atoms with van der Waals surface area (Å²) in [5, 5.41) is 8.41. The summed E-state index contributed by atoms with van der Waals surface area (Å²) in [5.41, 5.74) is -0.740. The molecular formula is C8H5ClF2O2. The molecule has 0 radical (unpaired) electrons. The van der Waals surface area contributed by atoms with E-state index >= 15 is 0 Å². The Kier molecular flexibility index (Phi) is 2.83. The van der Waals surface area contributed by atoms with Crippen LogP contribution in [-0.4, -0.2) is 11.1 Å². The normalized spacial score (nSPS) is 10.1. The van der Waals surface area contributed by atoms with Gasteiger partial charge >= 0.3 is 5.97 Å².